The molecule has 2 aromatic carbocycles. The van der Waals surface area contributed by atoms with Crippen molar-refractivity contribution in [3.05, 3.63) is 71.8 Å². The summed E-state index contributed by atoms with van der Waals surface area (Å²) in [5.41, 5.74) is 18.4. The van der Waals surface area contributed by atoms with Crippen molar-refractivity contribution in [2.45, 2.75) is 70.1 Å². The van der Waals surface area contributed by atoms with E-state index >= 15 is 0 Å². The highest BCUT2D eigenvalue weighted by Crippen LogP contribution is 2.12. The first-order valence-electron chi connectivity index (χ1n) is 14.0. The third-order valence-electron chi connectivity index (χ3n) is 6.90. The van der Waals surface area contributed by atoms with Crippen LogP contribution in [0.5, 0.6) is 0 Å². The molecule has 10 N–H and O–H groups in total. The number of carboxylic acids is 1. The highest BCUT2D eigenvalue weighted by Gasteiger charge is 2.32. The maximum Gasteiger partial charge on any atom is 0.326 e. The minimum atomic E-state index is -1.23. The standard InChI is InChI=1S/C30H43N7O5/c1-3-19(2)25(37-26(38)22(31)17-20-11-6-4-7-12-20)28(40)36-24(18-21-13-8-5-9-14-21)27(39)35-23(29(41)42)15-10-16-34-30(32)33/h4-9,11-14,19,22-25H,3,10,15-18,31H2,1-2H3,(H,35,39)(H,36,40)(H,37,38)(H,41,42)(H4,32,33,34). The Labute approximate surface area is 246 Å². The molecule has 3 amide bonds. The first-order valence-corrected chi connectivity index (χ1v) is 14.0. The van der Waals surface area contributed by atoms with Crippen LogP contribution in [-0.2, 0) is 32.0 Å². The van der Waals surface area contributed by atoms with Crippen LogP contribution >= 0.6 is 0 Å². The topological polar surface area (TPSA) is 215 Å². The van der Waals surface area contributed by atoms with E-state index in [1.807, 2.05) is 50.2 Å². The zero-order valence-electron chi connectivity index (χ0n) is 24.2. The molecule has 12 heteroatoms. The fourth-order valence-corrected chi connectivity index (χ4v) is 4.28. The van der Waals surface area contributed by atoms with E-state index in [1.54, 1.807) is 24.3 Å². The van der Waals surface area contributed by atoms with Gasteiger partial charge in [-0.25, -0.2) is 4.79 Å². The number of aliphatic imine (C=N–C) groups is 1. The molecule has 2 rings (SSSR count). The van der Waals surface area contributed by atoms with Gasteiger partial charge in [-0.1, -0.05) is 80.9 Å². The number of carbonyl (C=O) groups is 4. The number of guanidine groups is 1. The maximum absolute atomic E-state index is 13.6. The molecule has 228 valence electrons. The predicted molar refractivity (Wildman–Crippen MR) is 161 cm³/mol. The Balaban J connectivity index is 2.19. The van der Waals surface area contributed by atoms with E-state index in [2.05, 4.69) is 20.9 Å². The van der Waals surface area contributed by atoms with Gasteiger partial charge in [0.05, 0.1) is 6.04 Å². The highest BCUT2D eigenvalue weighted by molar-refractivity contribution is 5.94. The number of rotatable bonds is 17. The van der Waals surface area contributed by atoms with Gasteiger partial charge in [0.1, 0.15) is 18.1 Å². The van der Waals surface area contributed by atoms with E-state index < -0.39 is 47.9 Å². The van der Waals surface area contributed by atoms with Crippen molar-refractivity contribution in [3.63, 3.8) is 0 Å². The molecular weight excluding hydrogens is 538 g/mol. The minimum Gasteiger partial charge on any atom is -0.480 e. The van der Waals surface area contributed by atoms with Gasteiger partial charge in [-0.2, -0.15) is 0 Å². The summed E-state index contributed by atoms with van der Waals surface area (Å²) in [6, 6.07) is 14.1. The van der Waals surface area contributed by atoms with Gasteiger partial charge in [0.25, 0.3) is 0 Å². The molecule has 0 bridgehead atoms. The Hall–Kier alpha value is -4.45. The molecule has 5 atom stereocenters. The molecule has 0 radical (unpaired) electrons. The van der Waals surface area contributed by atoms with Crippen LogP contribution in [0, 0.1) is 5.92 Å². The fraction of sp³-hybridized carbons (Fsp3) is 0.433. The third kappa shape index (κ3) is 11.6. The zero-order valence-corrected chi connectivity index (χ0v) is 24.2. The first kappa shape index (κ1) is 33.8. The van der Waals surface area contributed by atoms with Gasteiger partial charge in [0.2, 0.25) is 17.7 Å². The first-order chi connectivity index (χ1) is 20.0. The maximum atomic E-state index is 13.6. The number of carboxylic acid groups (broad SMARTS) is 1. The van der Waals surface area contributed by atoms with Crippen molar-refractivity contribution in [1.82, 2.24) is 16.0 Å². The SMILES string of the molecule is CCC(C)C(NC(=O)C(N)Cc1ccccc1)C(=O)NC(Cc1ccccc1)C(=O)NC(CCCN=C(N)N)C(=O)O. The number of amides is 3. The van der Waals surface area contributed by atoms with Crippen molar-refractivity contribution in [2.24, 2.45) is 28.1 Å². The largest absolute Gasteiger partial charge is 0.480 e. The van der Waals surface area contributed by atoms with Gasteiger partial charge in [0.15, 0.2) is 5.96 Å². The van der Waals surface area contributed by atoms with Crippen molar-refractivity contribution in [2.75, 3.05) is 6.54 Å². The lowest BCUT2D eigenvalue weighted by Crippen LogP contribution is -2.59. The number of hydrogen-bond donors (Lipinski definition) is 7. The van der Waals surface area contributed by atoms with Gasteiger partial charge < -0.3 is 38.3 Å². The summed E-state index contributed by atoms with van der Waals surface area (Å²) in [7, 11) is 0. The predicted octanol–water partition coefficient (Wildman–Crippen LogP) is 0.438. The van der Waals surface area contributed by atoms with Gasteiger partial charge in [-0.15, -0.1) is 0 Å². The molecule has 0 aliphatic rings. The van der Waals surface area contributed by atoms with E-state index in [0.717, 1.165) is 11.1 Å². The van der Waals surface area contributed by atoms with Gasteiger partial charge >= 0.3 is 5.97 Å². The lowest BCUT2D eigenvalue weighted by Gasteiger charge is -2.28. The molecule has 0 aliphatic carbocycles. The Bertz CT molecular complexity index is 1190. The van der Waals surface area contributed by atoms with Gasteiger partial charge in [-0.3, -0.25) is 19.4 Å². The van der Waals surface area contributed by atoms with E-state index in [1.165, 1.54) is 0 Å². The molecule has 2 aromatic rings. The van der Waals surface area contributed by atoms with Crippen molar-refractivity contribution in [1.29, 1.82) is 0 Å². The van der Waals surface area contributed by atoms with Crippen LogP contribution in [0.4, 0.5) is 0 Å². The second-order valence-corrected chi connectivity index (χ2v) is 10.3. The molecule has 0 heterocycles. The van der Waals surface area contributed by atoms with Crippen LogP contribution in [0.2, 0.25) is 0 Å². The summed E-state index contributed by atoms with van der Waals surface area (Å²) in [6.07, 6.45) is 1.36. The number of hydrogen-bond acceptors (Lipinski definition) is 6. The number of benzene rings is 2. The molecule has 0 fully saturated rings. The average molecular weight is 582 g/mol. The number of nitrogens with two attached hydrogens (primary N) is 3. The van der Waals surface area contributed by atoms with E-state index in [-0.39, 0.29) is 31.3 Å². The molecule has 0 spiro atoms. The number of aliphatic carboxylic acids is 1. The zero-order chi connectivity index (χ0) is 31.1. The van der Waals surface area contributed by atoms with Gasteiger partial charge in [0, 0.05) is 13.0 Å². The van der Waals surface area contributed by atoms with Crippen molar-refractivity contribution in [3.8, 4) is 0 Å². The highest BCUT2D eigenvalue weighted by atomic mass is 16.4. The second kappa shape index (κ2) is 17.4. The summed E-state index contributed by atoms with van der Waals surface area (Å²) >= 11 is 0. The van der Waals surface area contributed by atoms with Crippen LogP contribution in [0.3, 0.4) is 0 Å². The van der Waals surface area contributed by atoms with E-state index in [4.69, 9.17) is 17.2 Å². The molecular formula is C30H43N7O5. The summed E-state index contributed by atoms with van der Waals surface area (Å²) in [6.45, 7) is 3.90. The summed E-state index contributed by atoms with van der Waals surface area (Å²) < 4.78 is 0. The molecule has 42 heavy (non-hydrogen) atoms. The normalized spacial score (nSPS) is 14.4. The summed E-state index contributed by atoms with van der Waals surface area (Å²) in [4.78, 5) is 55.6. The molecule has 0 saturated carbocycles. The molecule has 0 aliphatic heterocycles. The van der Waals surface area contributed by atoms with Gasteiger partial charge in [-0.05, 0) is 36.3 Å². The summed E-state index contributed by atoms with van der Waals surface area (Å²) in [5, 5.41) is 17.7. The number of nitrogens with one attached hydrogen (secondary N) is 3. The molecule has 0 saturated heterocycles. The monoisotopic (exact) mass is 581 g/mol. The van der Waals surface area contributed by atoms with Crippen LogP contribution < -0.4 is 33.2 Å². The molecule has 12 nitrogen and oxygen atoms in total. The lowest BCUT2D eigenvalue weighted by molar-refractivity contribution is -0.142. The van der Waals surface area contributed by atoms with E-state index in [0.29, 0.717) is 19.3 Å². The Kier molecular flexibility index (Phi) is 14.0. The van der Waals surface area contributed by atoms with Crippen molar-refractivity contribution >= 4 is 29.7 Å². The Morgan fingerprint density at radius 2 is 1.36 bits per heavy atom. The fourth-order valence-electron chi connectivity index (χ4n) is 4.28. The Morgan fingerprint density at radius 3 is 1.88 bits per heavy atom. The summed E-state index contributed by atoms with van der Waals surface area (Å²) in [5.74, 6) is -3.34. The Morgan fingerprint density at radius 1 is 0.810 bits per heavy atom. The molecule has 0 aromatic heterocycles. The number of nitrogens with zero attached hydrogens (tertiary/aromatic N) is 1. The van der Waals surface area contributed by atoms with Crippen LogP contribution in [0.1, 0.15) is 44.2 Å². The van der Waals surface area contributed by atoms with Crippen LogP contribution in [0.25, 0.3) is 0 Å². The quantitative estimate of drug-likeness (QED) is 0.0788. The minimum absolute atomic E-state index is 0.0781. The average Bonchev–Trinajstić information content (AvgIpc) is 2.97. The van der Waals surface area contributed by atoms with Crippen molar-refractivity contribution < 1.29 is 24.3 Å². The van der Waals surface area contributed by atoms with Crippen LogP contribution in [-0.4, -0.2) is 65.5 Å². The second-order valence-electron chi connectivity index (χ2n) is 10.3. The van der Waals surface area contributed by atoms with E-state index in [9.17, 15) is 24.3 Å². The third-order valence-corrected chi connectivity index (χ3v) is 6.90. The smallest absolute Gasteiger partial charge is 0.326 e. The lowest BCUT2D eigenvalue weighted by atomic mass is 9.96. The number of carbonyl (C=O) groups excluding carboxylic acids is 3. The molecule has 5 unspecified atom stereocenters. The van der Waals surface area contributed by atoms with Crippen LogP contribution in [0.15, 0.2) is 65.7 Å².